The highest BCUT2D eigenvalue weighted by molar-refractivity contribution is 6.63. The van der Waals surface area contributed by atoms with E-state index in [1.807, 2.05) is 40.7 Å². The Kier molecular flexibility index (Phi) is 4.81. The van der Waals surface area contributed by atoms with Crippen molar-refractivity contribution >= 4 is 18.3 Å². The Balaban J connectivity index is 2.29. The van der Waals surface area contributed by atoms with Gasteiger partial charge in [-0.15, -0.1) is 0 Å². The van der Waals surface area contributed by atoms with Gasteiger partial charge in [-0.1, -0.05) is 12.1 Å². The molecule has 1 aromatic rings. The first-order valence-corrected chi connectivity index (χ1v) is 7.38. The first-order chi connectivity index (χ1) is 10.3. The summed E-state index contributed by atoms with van der Waals surface area (Å²) in [6.07, 6.45) is 0. The molecule has 0 bridgehead atoms. The van der Waals surface area contributed by atoms with Crippen LogP contribution in [0.3, 0.4) is 0 Å². The average molecular weight is 303 g/mol. The van der Waals surface area contributed by atoms with Crippen molar-refractivity contribution in [2.24, 2.45) is 0 Å². The highest BCUT2D eigenvalue weighted by atomic mass is 16.7. The number of benzene rings is 1. The molecular formula is C16H22BNO4. The zero-order valence-corrected chi connectivity index (χ0v) is 13.8. The third kappa shape index (κ3) is 3.27. The predicted octanol–water partition coefficient (Wildman–Crippen LogP) is 2.91. The SMILES string of the molecule is [C-]#[N+]c1ccc(B2OC(C)(C)C(C)(C)O2)c(OCOCC)c1. The predicted molar refractivity (Wildman–Crippen MR) is 85.5 cm³/mol. The summed E-state index contributed by atoms with van der Waals surface area (Å²) >= 11 is 0. The molecule has 1 aliphatic heterocycles. The van der Waals surface area contributed by atoms with Crippen LogP contribution >= 0.6 is 0 Å². The van der Waals surface area contributed by atoms with E-state index in [4.69, 9.17) is 25.4 Å². The second-order valence-corrected chi connectivity index (χ2v) is 6.18. The van der Waals surface area contributed by atoms with Crippen molar-refractivity contribution in [3.63, 3.8) is 0 Å². The lowest BCUT2D eigenvalue weighted by molar-refractivity contribution is 0.00578. The molecule has 0 aromatic heterocycles. The van der Waals surface area contributed by atoms with Gasteiger partial charge >= 0.3 is 7.12 Å². The zero-order chi connectivity index (χ0) is 16.4. The van der Waals surface area contributed by atoms with Crippen molar-refractivity contribution in [3.05, 3.63) is 29.6 Å². The third-order valence-corrected chi connectivity index (χ3v) is 4.14. The molecule has 0 unspecified atom stereocenters. The van der Waals surface area contributed by atoms with E-state index in [1.54, 1.807) is 12.1 Å². The average Bonchev–Trinajstić information content (AvgIpc) is 2.67. The largest absolute Gasteiger partial charge is 0.498 e. The fourth-order valence-corrected chi connectivity index (χ4v) is 2.07. The molecule has 0 spiro atoms. The zero-order valence-electron chi connectivity index (χ0n) is 13.8. The first kappa shape index (κ1) is 16.8. The minimum atomic E-state index is -0.526. The lowest BCUT2D eigenvalue weighted by atomic mass is 9.78. The highest BCUT2D eigenvalue weighted by Gasteiger charge is 2.52. The van der Waals surface area contributed by atoms with Crippen LogP contribution in [0.2, 0.25) is 0 Å². The first-order valence-electron chi connectivity index (χ1n) is 7.38. The van der Waals surface area contributed by atoms with Crippen molar-refractivity contribution in [2.75, 3.05) is 13.4 Å². The van der Waals surface area contributed by atoms with Gasteiger partial charge in [0.2, 0.25) is 0 Å². The minimum absolute atomic E-state index is 0.129. The maximum absolute atomic E-state index is 7.14. The molecular weight excluding hydrogens is 281 g/mol. The van der Waals surface area contributed by atoms with Gasteiger partial charge in [0.05, 0.1) is 17.8 Å². The Bertz CT molecular complexity index is 564. The van der Waals surface area contributed by atoms with Gasteiger partial charge in [-0.25, -0.2) is 4.85 Å². The lowest BCUT2D eigenvalue weighted by Gasteiger charge is -2.32. The number of nitrogens with zero attached hydrogens (tertiary/aromatic N) is 1. The maximum Gasteiger partial charge on any atom is 0.498 e. The van der Waals surface area contributed by atoms with Crippen LogP contribution in [0, 0.1) is 6.57 Å². The molecule has 6 heteroatoms. The van der Waals surface area contributed by atoms with Gasteiger partial charge in [-0.2, -0.15) is 0 Å². The molecule has 1 heterocycles. The van der Waals surface area contributed by atoms with Crippen LogP contribution in [0.15, 0.2) is 18.2 Å². The van der Waals surface area contributed by atoms with Crippen LogP contribution in [0.4, 0.5) is 5.69 Å². The molecule has 1 fully saturated rings. The van der Waals surface area contributed by atoms with E-state index in [9.17, 15) is 0 Å². The molecule has 0 saturated carbocycles. The minimum Gasteiger partial charge on any atom is -0.469 e. The summed E-state index contributed by atoms with van der Waals surface area (Å²) in [6.45, 7) is 17.7. The molecule has 2 rings (SSSR count). The van der Waals surface area contributed by atoms with Gasteiger partial charge in [0, 0.05) is 12.1 Å². The molecule has 0 atom stereocenters. The van der Waals surface area contributed by atoms with Crippen molar-refractivity contribution in [2.45, 2.75) is 45.8 Å². The summed E-state index contributed by atoms with van der Waals surface area (Å²) in [5, 5.41) is 0. The molecule has 118 valence electrons. The summed E-state index contributed by atoms with van der Waals surface area (Å²) in [6, 6.07) is 5.24. The summed E-state index contributed by atoms with van der Waals surface area (Å²) in [5.41, 5.74) is 0.429. The van der Waals surface area contributed by atoms with Crippen molar-refractivity contribution in [1.29, 1.82) is 0 Å². The second-order valence-electron chi connectivity index (χ2n) is 6.18. The summed E-state index contributed by atoms with van der Waals surface area (Å²) < 4.78 is 23.0. The van der Waals surface area contributed by atoms with Crippen LogP contribution in [-0.4, -0.2) is 31.7 Å². The molecule has 22 heavy (non-hydrogen) atoms. The van der Waals surface area contributed by atoms with E-state index in [2.05, 4.69) is 4.85 Å². The maximum atomic E-state index is 7.14. The fraction of sp³-hybridized carbons (Fsp3) is 0.562. The van der Waals surface area contributed by atoms with Crippen LogP contribution in [0.25, 0.3) is 4.85 Å². The molecule has 0 amide bonds. The number of hydrogen-bond acceptors (Lipinski definition) is 4. The van der Waals surface area contributed by atoms with E-state index in [-0.39, 0.29) is 6.79 Å². The van der Waals surface area contributed by atoms with Gasteiger partial charge in [0.25, 0.3) is 0 Å². The standard InChI is InChI=1S/C16H22BNO4/c1-7-19-11-20-14-10-12(18-6)8-9-13(14)17-21-15(2,3)16(4,5)22-17/h8-10H,7,11H2,1-5H3. The highest BCUT2D eigenvalue weighted by Crippen LogP contribution is 2.37. The molecule has 1 saturated heterocycles. The van der Waals surface area contributed by atoms with Crippen molar-refractivity contribution in [3.8, 4) is 5.75 Å². The lowest BCUT2D eigenvalue weighted by Crippen LogP contribution is -2.41. The Hall–Kier alpha value is -1.55. The third-order valence-electron chi connectivity index (χ3n) is 4.14. The normalized spacial score (nSPS) is 19.0. The second kappa shape index (κ2) is 6.29. The molecule has 0 N–H and O–H groups in total. The topological polar surface area (TPSA) is 41.3 Å². The van der Waals surface area contributed by atoms with Gasteiger partial charge in [-0.3, -0.25) is 0 Å². The molecule has 0 aliphatic carbocycles. The monoisotopic (exact) mass is 303 g/mol. The summed E-state index contributed by atoms with van der Waals surface area (Å²) in [5.74, 6) is 0.556. The fourth-order valence-electron chi connectivity index (χ4n) is 2.07. The van der Waals surface area contributed by atoms with Crippen molar-refractivity contribution < 1.29 is 18.8 Å². The quantitative estimate of drug-likeness (QED) is 0.363. The Morgan fingerprint density at radius 2 is 1.82 bits per heavy atom. The van der Waals surface area contributed by atoms with Gasteiger partial charge < -0.3 is 18.8 Å². The van der Waals surface area contributed by atoms with Crippen LogP contribution in [-0.2, 0) is 14.0 Å². The van der Waals surface area contributed by atoms with Crippen LogP contribution in [0.1, 0.15) is 34.6 Å². The van der Waals surface area contributed by atoms with Gasteiger partial charge in [0.1, 0.15) is 5.75 Å². The van der Waals surface area contributed by atoms with Crippen molar-refractivity contribution in [1.82, 2.24) is 0 Å². The number of hydrogen-bond donors (Lipinski definition) is 0. The molecule has 1 aliphatic rings. The van der Waals surface area contributed by atoms with Crippen LogP contribution < -0.4 is 10.2 Å². The number of ether oxygens (including phenoxy) is 2. The van der Waals surface area contributed by atoms with E-state index < -0.39 is 18.3 Å². The Morgan fingerprint density at radius 1 is 1.18 bits per heavy atom. The van der Waals surface area contributed by atoms with Gasteiger partial charge in [-0.05, 0) is 40.7 Å². The van der Waals surface area contributed by atoms with E-state index in [0.717, 1.165) is 5.46 Å². The van der Waals surface area contributed by atoms with E-state index >= 15 is 0 Å². The summed E-state index contributed by atoms with van der Waals surface area (Å²) in [7, 11) is -0.526. The number of rotatable bonds is 5. The van der Waals surface area contributed by atoms with E-state index in [0.29, 0.717) is 18.0 Å². The smallest absolute Gasteiger partial charge is 0.469 e. The Labute approximate surface area is 132 Å². The molecule has 1 aromatic carbocycles. The summed E-state index contributed by atoms with van der Waals surface area (Å²) in [4.78, 5) is 3.43. The van der Waals surface area contributed by atoms with Gasteiger partial charge in [0.15, 0.2) is 12.5 Å². The van der Waals surface area contributed by atoms with Crippen LogP contribution in [0.5, 0.6) is 5.75 Å². The molecule has 5 nitrogen and oxygen atoms in total. The molecule has 0 radical (unpaired) electrons. The van der Waals surface area contributed by atoms with E-state index in [1.165, 1.54) is 0 Å². The Morgan fingerprint density at radius 3 is 2.36 bits per heavy atom.